The summed E-state index contributed by atoms with van der Waals surface area (Å²) in [5, 5.41) is 12.6. The Hall–Kier alpha value is -3.52. The third-order valence-electron chi connectivity index (χ3n) is 7.71. The highest BCUT2D eigenvalue weighted by Gasteiger charge is 2.35. The molecule has 0 unspecified atom stereocenters. The van der Waals surface area contributed by atoms with Gasteiger partial charge < -0.3 is 10.2 Å². The summed E-state index contributed by atoms with van der Waals surface area (Å²) >= 11 is 0. The average Bonchev–Trinajstić information content (AvgIpc) is 3.51. The van der Waals surface area contributed by atoms with Gasteiger partial charge in [0, 0.05) is 86.4 Å². The van der Waals surface area contributed by atoms with Crippen molar-refractivity contribution >= 4 is 17.5 Å². The highest BCUT2D eigenvalue weighted by atomic mass is 15.2. The van der Waals surface area contributed by atoms with Gasteiger partial charge in [-0.15, -0.1) is 0 Å². The van der Waals surface area contributed by atoms with Crippen LogP contribution in [0.15, 0.2) is 54.2 Å². The molecule has 0 saturated carbocycles. The molecule has 0 amide bonds. The van der Waals surface area contributed by atoms with Crippen LogP contribution in [0.5, 0.6) is 0 Å². The molecule has 1 spiro atoms. The first-order chi connectivity index (χ1) is 17.1. The molecule has 4 aromatic heterocycles. The maximum absolute atomic E-state index is 4.92. The Morgan fingerprint density at radius 2 is 1.89 bits per heavy atom. The van der Waals surface area contributed by atoms with Gasteiger partial charge in [-0.25, -0.2) is 9.50 Å². The van der Waals surface area contributed by atoms with Gasteiger partial charge in [0.25, 0.3) is 0 Å². The fourth-order valence-corrected chi connectivity index (χ4v) is 5.73. The van der Waals surface area contributed by atoms with Crippen molar-refractivity contribution in [1.29, 1.82) is 0 Å². The van der Waals surface area contributed by atoms with Crippen LogP contribution in [0.4, 0.5) is 5.82 Å². The molecule has 0 bridgehead atoms. The second-order valence-corrected chi connectivity index (χ2v) is 10.00. The van der Waals surface area contributed by atoms with E-state index in [1.807, 2.05) is 53.4 Å². The van der Waals surface area contributed by atoms with Gasteiger partial charge in [0.15, 0.2) is 0 Å². The lowest BCUT2D eigenvalue weighted by molar-refractivity contribution is 0.161. The van der Waals surface area contributed by atoms with Gasteiger partial charge in [-0.3, -0.25) is 9.67 Å². The van der Waals surface area contributed by atoms with Crippen molar-refractivity contribution in [2.24, 2.45) is 17.5 Å². The Morgan fingerprint density at radius 3 is 2.57 bits per heavy atom. The molecular weight excluding hydrogens is 436 g/mol. The summed E-state index contributed by atoms with van der Waals surface area (Å²) in [5.41, 5.74) is 6.79. The van der Waals surface area contributed by atoms with Crippen LogP contribution in [-0.4, -0.2) is 63.8 Å². The summed E-state index contributed by atoms with van der Waals surface area (Å²) < 4.78 is 3.75. The molecule has 1 N–H and O–H groups in total. The van der Waals surface area contributed by atoms with Gasteiger partial charge in [-0.2, -0.15) is 10.2 Å². The fourth-order valence-electron chi connectivity index (χ4n) is 5.73. The lowest BCUT2D eigenvalue weighted by Gasteiger charge is -2.44. The molecule has 2 fully saturated rings. The first kappa shape index (κ1) is 22.0. The van der Waals surface area contributed by atoms with Crippen molar-refractivity contribution in [3.05, 3.63) is 54.7 Å². The average molecular weight is 469 g/mol. The highest BCUT2D eigenvalue weighted by Crippen LogP contribution is 2.38. The number of pyridine rings is 2. The number of nitrogens with zero attached hydrogens (tertiary/aromatic N) is 7. The number of anilines is 1. The third-order valence-corrected chi connectivity index (χ3v) is 7.71. The molecule has 0 aromatic carbocycles. The molecule has 35 heavy (non-hydrogen) atoms. The number of fused-ring (bicyclic) bond motifs is 1. The lowest BCUT2D eigenvalue weighted by Crippen LogP contribution is -2.48. The Labute approximate surface area is 205 Å². The first-order valence-electron chi connectivity index (χ1n) is 12.5. The minimum Gasteiger partial charge on any atom is -0.357 e. The van der Waals surface area contributed by atoms with E-state index in [-0.39, 0.29) is 0 Å². The van der Waals surface area contributed by atoms with Crippen LogP contribution in [0.1, 0.15) is 31.2 Å². The van der Waals surface area contributed by atoms with E-state index in [0.717, 1.165) is 52.2 Å². The Balaban J connectivity index is 1.33. The molecule has 2 aliphatic heterocycles. The van der Waals surface area contributed by atoms with Crippen molar-refractivity contribution in [3.8, 4) is 22.3 Å². The fraction of sp³-hybridized carbons (Fsp3) is 0.407. The molecule has 6 heterocycles. The van der Waals surface area contributed by atoms with Crippen LogP contribution < -0.4 is 10.2 Å². The summed E-state index contributed by atoms with van der Waals surface area (Å²) in [7, 11) is 3.72. The predicted octanol–water partition coefficient (Wildman–Crippen LogP) is 3.82. The molecule has 2 saturated heterocycles. The maximum atomic E-state index is 4.92. The van der Waals surface area contributed by atoms with Crippen LogP contribution in [0.3, 0.4) is 0 Å². The molecule has 2 aliphatic rings. The Kier molecular flexibility index (Phi) is 5.60. The van der Waals surface area contributed by atoms with Crippen LogP contribution in [0.25, 0.3) is 27.8 Å². The van der Waals surface area contributed by atoms with Gasteiger partial charge in [-0.1, -0.05) is 0 Å². The Morgan fingerprint density at radius 1 is 1.00 bits per heavy atom. The first-order valence-corrected chi connectivity index (χ1v) is 12.5. The largest absolute Gasteiger partial charge is 0.357 e. The van der Waals surface area contributed by atoms with Crippen LogP contribution in [-0.2, 0) is 7.05 Å². The van der Waals surface area contributed by atoms with Gasteiger partial charge >= 0.3 is 0 Å². The van der Waals surface area contributed by atoms with Gasteiger partial charge in [0.1, 0.15) is 5.82 Å². The number of aromatic nitrogens is 5. The molecule has 6 rings (SSSR count). The third kappa shape index (κ3) is 4.12. The number of aliphatic imine (C=N–C) groups is 1. The van der Waals surface area contributed by atoms with E-state index < -0.39 is 0 Å². The van der Waals surface area contributed by atoms with E-state index in [0.29, 0.717) is 5.41 Å². The van der Waals surface area contributed by atoms with Crippen LogP contribution >= 0.6 is 0 Å². The van der Waals surface area contributed by atoms with Gasteiger partial charge in [-0.05, 0) is 55.8 Å². The van der Waals surface area contributed by atoms with Crippen molar-refractivity contribution in [2.45, 2.75) is 25.7 Å². The minimum absolute atomic E-state index is 0.492. The minimum atomic E-state index is 0.492. The number of rotatable bonds is 4. The number of hydrogen-bond donors (Lipinski definition) is 1. The number of nitrogens with one attached hydrogen (secondary N) is 1. The topological polar surface area (TPSA) is 75.6 Å². The maximum Gasteiger partial charge on any atom is 0.128 e. The van der Waals surface area contributed by atoms with Crippen molar-refractivity contribution < 1.29 is 0 Å². The highest BCUT2D eigenvalue weighted by molar-refractivity contribution is 5.97. The zero-order valence-electron chi connectivity index (χ0n) is 20.5. The van der Waals surface area contributed by atoms with Gasteiger partial charge in [0.05, 0.1) is 17.9 Å². The second-order valence-electron chi connectivity index (χ2n) is 10.00. The zero-order valence-corrected chi connectivity index (χ0v) is 20.5. The van der Waals surface area contributed by atoms with Crippen LogP contribution in [0, 0.1) is 5.41 Å². The van der Waals surface area contributed by atoms with E-state index in [1.165, 1.54) is 38.8 Å². The summed E-state index contributed by atoms with van der Waals surface area (Å²) in [4.78, 5) is 11.6. The molecule has 4 aromatic rings. The quantitative estimate of drug-likeness (QED) is 0.461. The normalized spacial score (nSPS) is 18.2. The second kappa shape index (κ2) is 8.92. The molecule has 0 aliphatic carbocycles. The van der Waals surface area contributed by atoms with E-state index >= 15 is 0 Å². The van der Waals surface area contributed by atoms with Gasteiger partial charge in [0.2, 0.25) is 0 Å². The van der Waals surface area contributed by atoms with Crippen molar-refractivity contribution in [1.82, 2.24) is 29.7 Å². The Bertz CT molecular complexity index is 1350. The molecule has 0 atom stereocenters. The number of piperidine rings is 2. The summed E-state index contributed by atoms with van der Waals surface area (Å²) in [6, 6.07) is 6.57. The molecule has 8 heteroatoms. The standard InChI is InChI=1S/C27H32N8/c1-28-13-22-15-32-35-18-21(23-16-31-33(2)17-23)12-24(26(22)35)20-4-5-25(30-14-20)34-10-7-27(8-11-34)6-3-9-29-19-27/h4-5,12-18,29H,3,6-11,19H2,1-2H3. The summed E-state index contributed by atoms with van der Waals surface area (Å²) in [5.74, 6) is 1.07. The van der Waals surface area contributed by atoms with Crippen LogP contribution in [0.2, 0.25) is 0 Å². The van der Waals surface area contributed by atoms with Crippen molar-refractivity contribution in [3.63, 3.8) is 0 Å². The van der Waals surface area contributed by atoms with E-state index in [2.05, 4.69) is 43.6 Å². The number of hydrogen-bond acceptors (Lipinski definition) is 6. The molecule has 8 nitrogen and oxygen atoms in total. The smallest absolute Gasteiger partial charge is 0.128 e. The monoisotopic (exact) mass is 468 g/mol. The number of aryl methyl sites for hydroxylation is 1. The van der Waals surface area contributed by atoms with E-state index in [4.69, 9.17) is 4.98 Å². The molecule has 0 radical (unpaired) electrons. The SMILES string of the molecule is CN=Cc1cnn2cc(-c3cnn(C)c3)cc(-c3ccc(N4CCC5(CCCNC5)CC4)nc3)c12. The summed E-state index contributed by atoms with van der Waals surface area (Å²) in [6.45, 7) is 4.50. The zero-order chi connectivity index (χ0) is 23.8. The lowest BCUT2D eigenvalue weighted by atomic mass is 9.73. The van der Waals surface area contributed by atoms with E-state index in [9.17, 15) is 0 Å². The molecule has 180 valence electrons. The predicted molar refractivity (Wildman–Crippen MR) is 140 cm³/mol. The van der Waals surface area contributed by atoms with Crippen molar-refractivity contribution in [2.75, 3.05) is 38.1 Å². The summed E-state index contributed by atoms with van der Waals surface area (Å²) in [6.07, 6.45) is 16.8. The van der Waals surface area contributed by atoms with E-state index in [1.54, 1.807) is 7.05 Å². The molecular formula is C27H32N8.